The molecule has 130 valence electrons. The van der Waals surface area contributed by atoms with Gasteiger partial charge in [0.05, 0.1) is 13.2 Å². The minimum Gasteiger partial charge on any atom is -0.375 e. The number of carbonyl (C=O) groups is 1. The SMILES string of the molecule is COC1(C(=O)NC(C)COCc2ccccc2)CCNCC1.Cl. The maximum absolute atomic E-state index is 12.5. The smallest absolute Gasteiger partial charge is 0.252 e. The molecule has 0 radical (unpaired) electrons. The normalized spacial score (nSPS) is 17.8. The summed E-state index contributed by atoms with van der Waals surface area (Å²) in [5.74, 6) is -0.0349. The van der Waals surface area contributed by atoms with E-state index >= 15 is 0 Å². The van der Waals surface area contributed by atoms with Crippen LogP contribution in [0.4, 0.5) is 0 Å². The zero-order valence-corrected chi connectivity index (χ0v) is 14.7. The summed E-state index contributed by atoms with van der Waals surface area (Å²) < 4.78 is 11.2. The minimum absolute atomic E-state index is 0. The molecule has 5 nitrogen and oxygen atoms in total. The highest BCUT2D eigenvalue weighted by molar-refractivity contribution is 5.85. The number of hydrogen-bond acceptors (Lipinski definition) is 4. The fourth-order valence-corrected chi connectivity index (χ4v) is 2.68. The first kappa shape index (κ1) is 19.9. The van der Waals surface area contributed by atoms with Crippen molar-refractivity contribution < 1.29 is 14.3 Å². The Kier molecular flexibility index (Phi) is 8.55. The molecule has 1 atom stereocenters. The molecule has 1 amide bonds. The lowest BCUT2D eigenvalue weighted by Gasteiger charge is -2.35. The van der Waals surface area contributed by atoms with E-state index in [0.717, 1.165) is 18.7 Å². The Hall–Kier alpha value is -1.14. The van der Waals surface area contributed by atoms with Crippen LogP contribution in [-0.2, 0) is 20.9 Å². The molecular weight excluding hydrogens is 316 g/mol. The van der Waals surface area contributed by atoms with Gasteiger partial charge >= 0.3 is 0 Å². The lowest BCUT2D eigenvalue weighted by Crippen LogP contribution is -2.56. The van der Waals surface area contributed by atoms with E-state index in [1.54, 1.807) is 7.11 Å². The molecule has 1 aromatic rings. The van der Waals surface area contributed by atoms with Crippen molar-refractivity contribution in [3.63, 3.8) is 0 Å². The van der Waals surface area contributed by atoms with Crippen LogP contribution in [0, 0.1) is 0 Å². The van der Waals surface area contributed by atoms with Crippen molar-refractivity contribution >= 4 is 18.3 Å². The fourth-order valence-electron chi connectivity index (χ4n) is 2.68. The molecule has 0 aromatic heterocycles. The van der Waals surface area contributed by atoms with Crippen molar-refractivity contribution in [3.8, 4) is 0 Å². The Morgan fingerprint density at radius 2 is 1.96 bits per heavy atom. The molecule has 1 aliphatic heterocycles. The summed E-state index contributed by atoms with van der Waals surface area (Å²) in [7, 11) is 1.61. The molecule has 0 saturated carbocycles. The van der Waals surface area contributed by atoms with Crippen LogP contribution in [0.15, 0.2) is 30.3 Å². The fraction of sp³-hybridized carbons (Fsp3) is 0.588. The van der Waals surface area contributed by atoms with Crippen LogP contribution >= 0.6 is 12.4 Å². The second kappa shape index (κ2) is 9.88. The number of ether oxygens (including phenoxy) is 2. The molecule has 1 heterocycles. The van der Waals surface area contributed by atoms with Gasteiger partial charge in [-0.3, -0.25) is 4.79 Å². The van der Waals surface area contributed by atoms with E-state index in [0.29, 0.717) is 26.1 Å². The van der Waals surface area contributed by atoms with Crippen LogP contribution < -0.4 is 10.6 Å². The van der Waals surface area contributed by atoms with Crippen molar-refractivity contribution in [2.75, 3.05) is 26.8 Å². The quantitative estimate of drug-likeness (QED) is 0.794. The summed E-state index contributed by atoms with van der Waals surface area (Å²) in [6, 6.07) is 9.97. The van der Waals surface area contributed by atoms with Crippen LogP contribution in [0.3, 0.4) is 0 Å². The van der Waals surface area contributed by atoms with Gasteiger partial charge in [-0.05, 0) is 38.4 Å². The van der Waals surface area contributed by atoms with Crippen LogP contribution in [0.2, 0.25) is 0 Å². The van der Waals surface area contributed by atoms with Gasteiger partial charge in [-0.1, -0.05) is 30.3 Å². The van der Waals surface area contributed by atoms with Crippen LogP contribution in [-0.4, -0.2) is 44.4 Å². The minimum atomic E-state index is -0.695. The molecule has 1 saturated heterocycles. The van der Waals surface area contributed by atoms with E-state index in [1.807, 2.05) is 37.3 Å². The third-order valence-electron chi connectivity index (χ3n) is 4.07. The van der Waals surface area contributed by atoms with Gasteiger partial charge in [-0.15, -0.1) is 12.4 Å². The van der Waals surface area contributed by atoms with Crippen LogP contribution in [0.1, 0.15) is 25.3 Å². The molecule has 1 aliphatic rings. The highest BCUT2D eigenvalue weighted by Crippen LogP contribution is 2.22. The predicted molar refractivity (Wildman–Crippen MR) is 92.8 cm³/mol. The maximum Gasteiger partial charge on any atom is 0.252 e. The monoisotopic (exact) mass is 342 g/mol. The number of carbonyl (C=O) groups excluding carboxylic acids is 1. The first-order chi connectivity index (χ1) is 10.7. The maximum atomic E-state index is 12.5. The van der Waals surface area contributed by atoms with Gasteiger partial charge in [-0.2, -0.15) is 0 Å². The predicted octanol–water partition coefficient (Wildman–Crippen LogP) is 1.90. The van der Waals surface area contributed by atoms with Crippen molar-refractivity contribution in [2.45, 2.75) is 38.0 Å². The lowest BCUT2D eigenvalue weighted by molar-refractivity contribution is -0.147. The molecular formula is C17H27ClN2O3. The third-order valence-corrected chi connectivity index (χ3v) is 4.07. The van der Waals surface area contributed by atoms with Crippen LogP contribution in [0.25, 0.3) is 0 Å². The lowest BCUT2D eigenvalue weighted by atomic mass is 9.91. The number of piperidine rings is 1. The molecule has 1 unspecified atom stereocenters. The van der Waals surface area contributed by atoms with Gasteiger partial charge in [0.1, 0.15) is 5.60 Å². The largest absolute Gasteiger partial charge is 0.375 e. The highest BCUT2D eigenvalue weighted by Gasteiger charge is 2.39. The number of benzene rings is 1. The van der Waals surface area contributed by atoms with Gasteiger partial charge in [0.15, 0.2) is 0 Å². The van der Waals surface area contributed by atoms with Crippen molar-refractivity contribution in [2.24, 2.45) is 0 Å². The zero-order valence-electron chi connectivity index (χ0n) is 13.8. The number of rotatable bonds is 7. The number of nitrogens with one attached hydrogen (secondary N) is 2. The van der Waals surface area contributed by atoms with E-state index < -0.39 is 5.60 Å². The average molecular weight is 343 g/mol. The molecule has 0 aliphatic carbocycles. The molecule has 0 spiro atoms. The first-order valence-corrected chi connectivity index (χ1v) is 7.85. The second-order valence-corrected chi connectivity index (χ2v) is 5.82. The Morgan fingerprint density at radius 3 is 2.57 bits per heavy atom. The Balaban J connectivity index is 0.00000264. The highest BCUT2D eigenvalue weighted by atomic mass is 35.5. The van der Waals surface area contributed by atoms with E-state index in [9.17, 15) is 4.79 Å². The summed E-state index contributed by atoms with van der Waals surface area (Å²) in [6.07, 6.45) is 1.40. The third kappa shape index (κ3) is 5.77. The van der Waals surface area contributed by atoms with Gasteiger partial charge in [0, 0.05) is 13.2 Å². The Morgan fingerprint density at radius 1 is 1.30 bits per heavy atom. The first-order valence-electron chi connectivity index (χ1n) is 7.85. The summed E-state index contributed by atoms with van der Waals surface area (Å²) in [6.45, 7) is 4.60. The standard InChI is InChI=1S/C17H26N2O3.ClH/c1-14(12-22-13-15-6-4-3-5-7-15)19-16(20)17(21-2)8-10-18-11-9-17;/h3-7,14,18H,8-13H2,1-2H3,(H,19,20);1H. The second-order valence-electron chi connectivity index (χ2n) is 5.82. The summed E-state index contributed by atoms with van der Waals surface area (Å²) in [5.41, 5.74) is 0.437. The van der Waals surface area contributed by atoms with Gasteiger partial charge in [0.25, 0.3) is 5.91 Å². The molecule has 2 rings (SSSR count). The summed E-state index contributed by atoms with van der Waals surface area (Å²) >= 11 is 0. The number of methoxy groups -OCH3 is 1. The topological polar surface area (TPSA) is 59.6 Å². The Labute approximate surface area is 144 Å². The molecule has 1 fully saturated rings. The van der Waals surface area contributed by atoms with E-state index in [-0.39, 0.29) is 24.4 Å². The Bertz CT molecular complexity index is 464. The van der Waals surface area contributed by atoms with Crippen molar-refractivity contribution in [3.05, 3.63) is 35.9 Å². The molecule has 2 N–H and O–H groups in total. The van der Waals surface area contributed by atoms with E-state index in [4.69, 9.17) is 9.47 Å². The summed E-state index contributed by atoms with van der Waals surface area (Å²) in [5, 5.41) is 6.26. The molecule has 6 heteroatoms. The van der Waals surface area contributed by atoms with Crippen LogP contribution in [0.5, 0.6) is 0 Å². The van der Waals surface area contributed by atoms with E-state index in [1.165, 1.54) is 0 Å². The number of hydrogen-bond donors (Lipinski definition) is 2. The van der Waals surface area contributed by atoms with E-state index in [2.05, 4.69) is 10.6 Å². The van der Waals surface area contributed by atoms with Crippen molar-refractivity contribution in [1.29, 1.82) is 0 Å². The number of halogens is 1. The van der Waals surface area contributed by atoms with Gasteiger partial charge in [-0.25, -0.2) is 0 Å². The summed E-state index contributed by atoms with van der Waals surface area (Å²) in [4.78, 5) is 12.5. The zero-order chi connectivity index (χ0) is 15.8. The average Bonchev–Trinajstić information content (AvgIpc) is 2.56. The molecule has 1 aromatic carbocycles. The van der Waals surface area contributed by atoms with Gasteiger partial charge in [0.2, 0.25) is 0 Å². The molecule has 23 heavy (non-hydrogen) atoms. The molecule has 0 bridgehead atoms. The van der Waals surface area contributed by atoms with Gasteiger partial charge < -0.3 is 20.1 Å². The van der Waals surface area contributed by atoms with Crippen molar-refractivity contribution in [1.82, 2.24) is 10.6 Å². The number of amides is 1.